The molecule has 0 bridgehead atoms. The van der Waals surface area contributed by atoms with Gasteiger partial charge in [0.2, 0.25) is 0 Å². The van der Waals surface area contributed by atoms with Crippen LogP contribution in [0.2, 0.25) is 0 Å². The monoisotopic (exact) mass is 177 g/mol. The lowest BCUT2D eigenvalue weighted by Gasteiger charge is -2.27. The van der Waals surface area contributed by atoms with Gasteiger partial charge in [-0.3, -0.25) is 0 Å². The van der Waals surface area contributed by atoms with Gasteiger partial charge in [0.05, 0.1) is 0 Å². The van der Waals surface area contributed by atoms with E-state index < -0.39 is 0 Å². The Bertz CT molecular complexity index is 260. The summed E-state index contributed by atoms with van der Waals surface area (Å²) in [6.45, 7) is 0. The van der Waals surface area contributed by atoms with Gasteiger partial charge in [-0.1, -0.05) is 12.8 Å². The second-order valence-electron chi connectivity index (χ2n) is 3.69. The van der Waals surface area contributed by atoms with Crippen LogP contribution in [0.15, 0.2) is 18.6 Å². The fourth-order valence-electron chi connectivity index (χ4n) is 2.05. The van der Waals surface area contributed by atoms with Crippen LogP contribution >= 0.6 is 0 Å². The first-order valence-corrected chi connectivity index (χ1v) is 4.89. The third-order valence-corrected chi connectivity index (χ3v) is 2.80. The maximum absolute atomic E-state index is 6.05. The molecular formula is C10H15N3. The van der Waals surface area contributed by atoms with Gasteiger partial charge in [0.25, 0.3) is 0 Å². The Hall–Kier alpha value is -0.960. The number of rotatable bonds is 1. The van der Waals surface area contributed by atoms with Gasteiger partial charge in [-0.05, 0) is 18.9 Å². The Morgan fingerprint density at radius 2 is 2.15 bits per heavy atom. The molecule has 2 unspecified atom stereocenters. The van der Waals surface area contributed by atoms with Crippen molar-refractivity contribution in [1.29, 1.82) is 0 Å². The average Bonchev–Trinajstić information content (AvgIpc) is 2.20. The van der Waals surface area contributed by atoms with Gasteiger partial charge in [0.1, 0.15) is 6.33 Å². The van der Waals surface area contributed by atoms with E-state index in [1.54, 1.807) is 12.5 Å². The van der Waals surface area contributed by atoms with Crippen LogP contribution in [0.25, 0.3) is 0 Å². The van der Waals surface area contributed by atoms with Gasteiger partial charge in [0, 0.05) is 23.9 Å². The molecular weight excluding hydrogens is 162 g/mol. The lowest BCUT2D eigenvalue weighted by molar-refractivity contribution is 0.379. The summed E-state index contributed by atoms with van der Waals surface area (Å²) < 4.78 is 0. The summed E-state index contributed by atoms with van der Waals surface area (Å²) in [6, 6.07) is 2.28. The summed E-state index contributed by atoms with van der Waals surface area (Å²) in [5.74, 6) is 0.455. The number of nitrogens with two attached hydrogens (primary N) is 1. The topological polar surface area (TPSA) is 51.8 Å². The van der Waals surface area contributed by atoms with Crippen molar-refractivity contribution in [2.45, 2.75) is 37.6 Å². The average molecular weight is 177 g/mol. The Labute approximate surface area is 78.4 Å². The first kappa shape index (κ1) is 8.63. The quantitative estimate of drug-likeness (QED) is 0.706. The van der Waals surface area contributed by atoms with Crippen molar-refractivity contribution in [2.24, 2.45) is 5.73 Å². The van der Waals surface area contributed by atoms with E-state index in [-0.39, 0.29) is 0 Å². The van der Waals surface area contributed by atoms with Crippen molar-refractivity contribution in [1.82, 2.24) is 9.97 Å². The van der Waals surface area contributed by atoms with Gasteiger partial charge < -0.3 is 5.73 Å². The number of aromatic nitrogens is 2. The van der Waals surface area contributed by atoms with E-state index in [4.69, 9.17) is 5.73 Å². The van der Waals surface area contributed by atoms with Gasteiger partial charge in [-0.15, -0.1) is 0 Å². The molecule has 3 heteroatoms. The van der Waals surface area contributed by atoms with E-state index in [1.165, 1.54) is 19.3 Å². The fraction of sp³-hybridized carbons (Fsp3) is 0.600. The Kier molecular flexibility index (Phi) is 2.54. The molecule has 1 fully saturated rings. The molecule has 0 spiro atoms. The van der Waals surface area contributed by atoms with Crippen LogP contribution in [0.3, 0.4) is 0 Å². The minimum Gasteiger partial charge on any atom is -0.327 e. The van der Waals surface area contributed by atoms with Gasteiger partial charge in [-0.25, -0.2) is 9.97 Å². The number of hydrogen-bond acceptors (Lipinski definition) is 3. The van der Waals surface area contributed by atoms with Gasteiger partial charge in [-0.2, -0.15) is 0 Å². The van der Waals surface area contributed by atoms with Crippen LogP contribution in [0.1, 0.15) is 37.3 Å². The minimum absolute atomic E-state index is 0.295. The van der Waals surface area contributed by atoms with Gasteiger partial charge in [0.15, 0.2) is 0 Å². The second-order valence-corrected chi connectivity index (χ2v) is 3.69. The Morgan fingerprint density at radius 3 is 2.85 bits per heavy atom. The second kappa shape index (κ2) is 3.83. The third-order valence-electron chi connectivity index (χ3n) is 2.80. The summed E-state index contributed by atoms with van der Waals surface area (Å²) in [5, 5.41) is 0. The smallest absolute Gasteiger partial charge is 0.115 e. The first-order chi connectivity index (χ1) is 6.38. The zero-order chi connectivity index (χ0) is 9.10. The van der Waals surface area contributed by atoms with E-state index in [1.807, 2.05) is 6.07 Å². The first-order valence-electron chi connectivity index (χ1n) is 4.89. The van der Waals surface area contributed by atoms with Crippen molar-refractivity contribution in [3.8, 4) is 0 Å². The fourth-order valence-corrected chi connectivity index (χ4v) is 2.05. The molecule has 0 aromatic carbocycles. The van der Waals surface area contributed by atoms with Crippen LogP contribution in [0.4, 0.5) is 0 Å². The highest BCUT2D eigenvalue weighted by Gasteiger charge is 2.23. The third kappa shape index (κ3) is 1.86. The molecule has 3 nitrogen and oxygen atoms in total. The van der Waals surface area contributed by atoms with E-state index >= 15 is 0 Å². The molecule has 1 aromatic rings. The highest BCUT2D eigenvalue weighted by molar-refractivity contribution is 5.09. The molecule has 1 aliphatic carbocycles. The SMILES string of the molecule is NC1CCCCC1c1ccncn1. The van der Waals surface area contributed by atoms with Crippen LogP contribution in [0, 0.1) is 0 Å². The van der Waals surface area contributed by atoms with Crippen LogP contribution in [-0.2, 0) is 0 Å². The molecule has 0 aliphatic heterocycles. The van der Waals surface area contributed by atoms with Crippen molar-refractivity contribution < 1.29 is 0 Å². The maximum atomic E-state index is 6.05. The molecule has 2 atom stereocenters. The predicted octanol–water partition coefficient (Wildman–Crippen LogP) is 1.46. The molecule has 1 aliphatic rings. The summed E-state index contributed by atoms with van der Waals surface area (Å²) >= 11 is 0. The van der Waals surface area contributed by atoms with Crippen LogP contribution in [0.5, 0.6) is 0 Å². The number of nitrogens with zero attached hydrogens (tertiary/aromatic N) is 2. The zero-order valence-electron chi connectivity index (χ0n) is 7.69. The highest BCUT2D eigenvalue weighted by Crippen LogP contribution is 2.30. The summed E-state index contributed by atoms with van der Waals surface area (Å²) in [4.78, 5) is 8.18. The van der Waals surface area contributed by atoms with Crippen molar-refractivity contribution in [3.05, 3.63) is 24.3 Å². The van der Waals surface area contributed by atoms with E-state index in [0.717, 1.165) is 12.1 Å². The largest absolute Gasteiger partial charge is 0.327 e. The molecule has 2 rings (SSSR count). The number of hydrogen-bond donors (Lipinski definition) is 1. The lowest BCUT2D eigenvalue weighted by Crippen LogP contribution is -2.31. The van der Waals surface area contributed by atoms with E-state index in [2.05, 4.69) is 9.97 Å². The highest BCUT2D eigenvalue weighted by atomic mass is 14.8. The summed E-state index contributed by atoms with van der Waals surface area (Å²) in [7, 11) is 0. The standard InChI is InChI=1S/C10H15N3/c11-9-4-2-1-3-8(9)10-5-6-12-7-13-10/h5-9H,1-4,11H2. The van der Waals surface area contributed by atoms with Crippen molar-refractivity contribution in [2.75, 3.05) is 0 Å². The molecule has 0 radical (unpaired) electrons. The van der Waals surface area contributed by atoms with Crippen molar-refractivity contribution in [3.63, 3.8) is 0 Å². The van der Waals surface area contributed by atoms with Crippen molar-refractivity contribution >= 4 is 0 Å². The molecule has 13 heavy (non-hydrogen) atoms. The maximum Gasteiger partial charge on any atom is 0.115 e. The zero-order valence-corrected chi connectivity index (χ0v) is 7.69. The van der Waals surface area contributed by atoms with Gasteiger partial charge >= 0.3 is 0 Å². The molecule has 1 saturated carbocycles. The molecule has 70 valence electrons. The molecule has 0 amide bonds. The molecule has 0 saturated heterocycles. The predicted molar refractivity (Wildman–Crippen MR) is 51.2 cm³/mol. The molecule has 1 aromatic heterocycles. The lowest BCUT2D eigenvalue weighted by atomic mass is 9.83. The summed E-state index contributed by atoms with van der Waals surface area (Å²) in [6.07, 6.45) is 8.26. The minimum atomic E-state index is 0.295. The van der Waals surface area contributed by atoms with Crippen LogP contribution in [-0.4, -0.2) is 16.0 Å². The molecule has 1 heterocycles. The van der Waals surface area contributed by atoms with E-state index in [9.17, 15) is 0 Å². The Morgan fingerprint density at radius 1 is 1.31 bits per heavy atom. The Balaban J connectivity index is 2.15. The van der Waals surface area contributed by atoms with Crippen LogP contribution < -0.4 is 5.73 Å². The summed E-state index contributed by atoms with van der Waals surface area (Å²) in [5.41, 5.74) is 7.16. The van der Waals surface area contributed by atoms with E-state index in [0.29, 0.717) is 12.0 Å². The normalized spacial score (nSPS) is 28.7. The molecule has 2 N–H and O–H groups in total.